The number of rotatable bonds is 6. The summed E-state index contributed by atoms with van der Waals surface area (Å²) < 4.78 is 11.5. The number of nitrogens with zero attached hydrogens (tertiary/aromatic N) is 1. The Hall–Kier alpha value is -3.45. The van der Waals surface area contributed by atoms with E-state index in [2.05, 4.69) is 26.5 Å². The Morgan fingerprint density at radius 1 is 0.931 bits per heavy atom. The fraction of sp³-hybridized carbons (Fsp3) is 0.0455. The molecule has 0 atom stereocenters. The smallest absolute Gasteiger partial charge is 0.343 e. The molecular formula is C22H17BrN2O4. The number of carbonyl (C=O) groups excluding carboxylic acids is 2. The lowest BCUT2D eigenvalue weighted by Crippen LogP contribution is -2.17. The largest absolute Gasteiger partial charge is 0.493 e. The summed E-state index contributed by atoms with van der Waals surface area (Å²) in [7, 11) is 1.48. The molecule has 7 heteroatoms. The van der Waals surface area contributed by atoms with E-state index in [4.69, 9.17) is 9.47 Å². The number of carbonyl (C=O) groups is 2. The normalized spacial score (nSPS) is 10.6. The summed E-state index contributed by atoms with van der Waals surface area (Å²) in [6.07, 6.45) is 1.47. The van der Waals surface area contributed by atoms with E-state index < -0.39 is 5.97 Å². The van der Waals surface area contributed by atoms with E-state index in [1.807, 2.05) is 12.1 Å². The lowest BCUT2D eigenvalue weighted by atomic mass is 10.2. The molecule has 0 unspecified atom stereocenters. The zero-order chi connectivity index (χ0) is 20.6. The number of nitrogens with one attached hydrogen (secondary N) is 1. The van der Waals surface area contributed by atoms with Crippen LogP contribution in [0.3, 0.4) is 0 Å². The van der Waals surface area contributed by atoms with Crippen molar-refractivity contribution in [2.24, 2.45) is 5.10 Å². The van der Waals surface area contributed by atoms with Crippen LogP contribution in [-0.2, 0) is 0 Å². The average molecular weight is 453 g/mol. The molecule has 0 spiro atoms. The zero-order valence-corrected chi connectivity index (χ0v) is 17.0. The van der Waals surface area contributed by atoms with Crippen LogP contribution in [0.25, 0.3) is 0 Å². The Bertz CT molecular complexity index is 1050. The number of hydrogen-bond acceptors (Lipinski definition) is 5. The first-order valence-corrected chi connectivity index (χ1v) is 9.40. The second kappa shape index (κ2) is 9.66. The lowest BCUT2D eigenvalue weighted by molar-refractivity contribution is 0.0729. The third kappa shape index (κ3) is 5.52. The summed E-state index contributed by atoms with van der Waals surface area (Å²) >= 11 is 3.32. The molecule has 0 aliphatic carbocycles. The van der Waals surface area contributed by atoms with E-state index in [0.717, 1.165) is 4.47 Å². The third-order valence-electron chi connectivity index (χ3n) is 3.87. The lowest BCUT2D eigenvalue weighted by Gasteiger charge is -2.10. The second-order valence-corrected chi connectivity index (χ2v) is 6.79. The topological polar surface area (TPSA) is 77.0 Å². The van der Waals surface area contributed by atoms with Crippen LogP contribution in [0.15, 0.2) is 82.4 Å². The van der Waals surface area contributed by atoms with Gasteiger partial charge in [0.05, 0.1) is 18.9 Å². The Morgan fingerprint density at radius 2 is 1.69 bits per heavy atom. The van der Waals surface area contributed by atoms with Gasteiger partial charge in [-0.2, -0.15) is 5.10 Å². The fourth-order valence-corrected chi connectivity index (χ4v) is 2.84. The van der Waals surface area contributed by atoms with E-state index in [0.29, 0.717) is 22.4 Å². The van der Waals surface area contributed by atoms with Crippen molar-refractivity contribution in [1.82, 2.24) is 5.43 Å². The van der Waals surface area contributed by atoms with Crippen LogP contribution in [-0.4, -0.2) is 25.2 Å². The van der Waals surface area contributed by atoms with Crippen LogP contribution in [0.4, 0.5) is 0 Å². The molecule has 0 aromatic heterocycles. The Kier molecular flexibility index (Phi) is 6.76. The molecule has 3 rings (SSSR count). The molecule has 146 valence electrons. The molecule has 6 nitrogen and oxygen atoms in total. The maximum absolute atomic E-state index is 12.2. The number of hydrogen-bond donors (Lipinski definition) is 1. The first-order chi connectivity index (χ1) is 14.1. The maximum Gasteiger partial charge on any atom is 0.343 e. The quantitative estimate of drug-likeness (QED) is 0.259. The molecule has 0 radical (unpaired) electrons. The monoisotopic (exact) mass is 452 g/mol. The summed E-state index contributed by atoms with van der Waals surface area (Å²) in [4.78, 5) is 24.3. The van der Waals surface area contributed by atoms with Gasteiger partial charge < -0.3 is 9.47 Å². The van der Waals surface area contributed by atoms with Crippen molar-refractivity contribution in [3.05, 3.63) is 94.0 Å². The number of amides is 1. The molecular weight excluding hydrogens is 436 g/mol. The number of esters is 1. The molecule has 0 heterocycles. The highest BCUT2D eigenvalue weighted by Crippen LogP contribution is 2.28. The van der Waals surface area contributed by atoms with Crippen LogP contribution in [0, 0.1) is 0 Å². The van der Waals surface area contributed by atoms with Crippen molar-refractivity contribution < 1.29 is 19.1 Å². The summed E-state index contributed by atoms with van der Waals surface area (Å²) in [5, 5.41) is 3.96. The van der Waals surface area contributed by atoms with Gasteiger partial charge in [0, 0.05) is 10.0 Å². The average Bonchev–Trinajstić information content (AvgIpc) is 2.75. The molecule has 0 fully saturated rings. The minimum atomic E-state index is -0.480. The van der Waals surface area contributed by atoms with E-state index in [1.54, 1.807) is 60.7 Å². The van der Waals surface area contributed by atoms with Gasteiger partial charge in [-0.15, -0.1) is 0 Å². The summed E-state index contributed by atoms with van der Waals surface area (Å²) in [5.74, 6) is -0.150. The summed E-state index contributed by atoms with van der Waals surface area (Å²) in [5.41, 5.74) is 4.05. The number of halogens is 1. The Balaban J connectivity index is 1.67. The van der Waals surface area contributed by atoms with Crippen molar-refractivity contribution in [2.45, 2.75) is 0 Å². The van der Waals surface area contributed by atoms with Crippen LogP contribution in [0.1, 0.15) is 26.3 Å². The highest BCUT2D eigenvalue weighted by atomic mass is 79.9. The number of hydrazone groups is 1. The molecule has 0 aliphatic rings. The van der Waals surface area contributed by atoms with Crippen LogP contribution >= 0.6 is 15.9 Å². The van der Waals surface area contributed by atoms with Gasteiger partial charge in [0.2, 0.25) is 0 Å². The van der Waals surface area contributed by atoms with Gasteiger partial charge in [-0.25, -0.2) is 10.2 Å². The van der Waals surface area contributed by atoms with Gasteiger partial charge in [-0.3, -0.25) is 4.79 Å². The van der Waals surface area contributed by atoms with E-state index >= 15 is 0 Å². The highest BCUT2D eigenvalue weighted by Gasteiger charge is 2.12. The Labute approximate surface area is 176 Å². The molecule has 0 saturated carbocycles. The molecule has 1 amide bonds. The predicted octanol–water partition coefficient (Wildman–Crippen LogP) is 4.44. The molecule has 0 aliphatic heterocycles. The molecule has 3 aromatic rings. The third-order valence-corrected chi connectivity index (χ3v) is 4.36. The van der Waals surface area contributed by atoms with Crippen molar-refractivity contribution in [1.29, 1.82) is 0 Å². The second-order valence-electron chi connectivity index (χ2n) is 5.88. The SMILES string of the molecule is COc1cc(/C=N\NC(=O)c2cccc(Br)c2)ccc1OC(=O)c1ccccc1. The van der Waals surface area contributed by atoms with E-state index in [1.165, 1.54) is 13.3 Å². The van der Waals surface area contributed by atoms with Crippen molar-refractivity contribution in [3.63, 3.8) is 0 Å². The predicted molar refractivity (Wildman–Crippen MR) is 114 cm³/mol. The molecule has 29 heavy (non-hydrogen) atoms. The Morgan fingerprint density at radius 3 is 2.41 bits per heavy atom. The van der Waals surface area contributed by atoms with E-state index in [9.17, 15) is 9.59 Å². The van der Waals surface area contributed by atoms with Gasteiger partial charge in [-0.05, 0) is 54.1 Å². The van der Waals surface area contributed by atoms with Crippen molar-refractivity contribution in [3.8, 4) is 11.5 Å². The number of ether oxygens (including phenoxy) is 2. The fourth-order valence-electron chi connectivity index (χ4n) is 2.44. The first kappa shape index (κ1) is 20.3. The van der Waals surface area contributed by atoms with Crippen molar-refractivity contribution >= 4 is 34.0 Å². The zero-order valence-electron chi connectivity index (χ0n) is 15.5. The number of benzene rings is 3. The number of methoxy groups -OCH3 is 1. The molecule has 3 aromatic carbocycles. The first-order valence-electron chi connectivity index (χ1n) is 8.61. The molecule has 0 saturated heterocycles. The highest BCUT2D eigenvalue weighted by molar-refractivity contribution is 9.10. The van der Waals surface area contributed by atoms with Gasteiger partial charge in [-0.1, -0.05) is 40.2 Å². The van der Waals surface area contributed by atoms with Crippen LogP contribution < -0.4 is 14.9 Å². The van der Waals surface area contributed by atoms with E-state index in [-0.39, 0.29) is 11.7 Å². The molecule has 0 bridgehead atoms. The van der Waals surface area contributed by atoms with Gasteiger partial charge in [0.15, 0.2) is 11.5 Å². The van der Waals surface area contributed by atoms with Gasteiger partial charge in [0.25, 0.3) is 5.91 Å². The molecule has 1 N–H and O–H groups in total. The maximum atomic E-state index is 12.2. The van der Waals surface area contributed by atoms with Crippen LogP contribution in [0.5, 0.6) is 11.5 Å². The standard InChI is InChI=1S/C22H17BrN2O4/c1-28-20-12-15(14-24-25-21(26)17-8-5-9-18(23)13-17)10-11-19(20)29-22(27)16-6-3-2-4-7-16/h2-14H,1H3,(H,25,26)/b24-14-. The summed E-state index contributed by atoms with van der Waals surface area (Å²) in [6, 6.07) is 20.6. The van der Waals surface area contributed by atoms with Gasteiger partial charge in [0.1, 0.15) is 0 Å². The van der Waals surface area contributed by atoms with Crippen molar-refractivity contribution in [2.75, 3.05) is 7.11 Å². The summed E-state index contributed by atoms with van der Waals surface area (Å²) in [6.45, 7) is 0. The minimum absolute atomic E-state index is 0.289. The minimum Gasteiger partial charge on any atom is -0.493 e. The van der Waals surface area contributed by atoms with Gasteiger partial charge >= 0.3 is 5.97 Å². The van der Waals surface area contributed by atoms with Crippen LogP contribution in [0.2, 0.25) is 0 Å².